The van der Waals surface area contributed by atoms with Gasteiger partial charge >= 0.3 is 0 Å². The maximum atomic E-state index is 12.7. The van der Waals surface area contributed by atoms with Crippen LogP contribution in [0.5, 0.6) is 0 Å². The highest BCUT2D eigenvalue weighted by atomic mass is 16.1. The molecule has 0 saturated carbocycles. The topological polar surface area (TPSA) is 73.4 Å². The van der Waals surface area contributed by atoms with E-state index in [9.17, 15) is 4.79 Å². The van der Waals surface area contributed by atoms with Gasteiger partial charge in [0.2, 0.25) is 5.95 Å². The van der Waals surface area contributed by atoms with Crippen molar-refractivity contribution in [3.63, 3.8) is 0 Å². The number of carbonyl (C=O) groups is 1. The number of benzene rings is 1. The Morgan fingerprint density at radius 3 is 2.39 bits per heavy atom. The second-order valence-corrected chi connectivity index (χ2v) is 7.07. The summed E-state index contributed by atoms with van der Waals surface area (Å²) in [5.41, 5.74) is 4.08. The van der Waals surface area contributed by atoms with Gasteiger partial charge in [-0.1, -0.05) is 0 Å². The van der Waals surface area contributed by atoms with E-state index in [1.165, 1.54) is 0 Å². The van der Waals surface area contributed by atoms with Crippen molar-refractivity contribution >= 4 is 23.2 Å². The highest BCUT2D eigenvalue weighted by molar-refractivity contribution is 6.03. The predicted octanol–water partition coefficient (Wildman–Crippen LogP) is 3.17. The predicted molar refractivity (Wildman–Crippen MR) is 117 cm³/mol. The molecular weight excluding hydrogens is 352 g/mol. The van der Waals surface area contributed by atoms with E-state index in [2.05, 4.69) is 50.3 Å². The van der Waals surface area contributed by atoms with Crippen LogP contribution in [-0.2, 0) is 0 Å². The Morgan fingerprint density at radius 2 is 1.79 bits per heavy atom. The third kappa shape index (κ3) is 5.92. The molecule has 1 aromatic carbocycles. The number of nitrogens with one attached hydrogen (secondary N) is 2. The van der Waals surface area contributed by atoms with Crippen LogP contribution in [0.15, 0.2) is 24.3 Å². The summed E-state index contributed by atoms with van der Waals surface area (Å²) < 4.78 is 0. The highest BCUT2D eigenvalue weighted by Gasteiger charge is 2.13. The van der Waals surface area contributed by atoms with Gasteiger partial charge in [0.15, 0.2) is 0 Å². The lowest BCUT2D eigenvalue weighted by Gasteiger charge is -2.22. The fourth-order valence-electron chi connectivity index (χ4n) is 2.92. The van der Waals surface area contributed by atoms with Gasteiger partial charge in [-0.3, -0.25) is 4.79 Å². The molecule has 2 aromatic rings. The van der Waals surface area contributed by atoms with E-state index in [0.717, 1.165) is 42.3 Å². The number of hydrogen-bond donors (Lipinski definition) is 2. The number of likely N-dealkylation sites (N-methyl/N-ethyl adjacent to an activating group) is 1. The number of nitrogens with zero attached hydrogens (tertiary/aromatic N) is 4. The van der Waals surface area contributed by atoms with E-state index < -0.39 is 0 Å². The summed E-state index contributed by atoms with van der Waals surface area (Å²) in [5, 5.41) is 6.14. The molecule has 0 aliphatic heterocycles. The van der Waals surface area contributed by atoms with E-state index in [4.69, 9.17) is 0 Å². The number of carbonyl (C=O) groups excluding carboxylic acids is 1. The maximum Gasteiger partial charge on any atom is 0.274 e. The third-order valence-electron chi connectivity index (χ3n) is 4.52. The molecule has 0 unspecified atom stereocenters. The van der Waals surface area contributed by atoms with Crippen LogP contribution in [0.3, 0.4) is 0 Å². The Hall–Kier alpha value is -2.67. The van der Waals surface area contributed by atoms with E-state index in [1.54, 1.807) is 6.07 Å². The first-order valence-electron chi connectivity index (χ1n) is 9.75. The zero-order chi connectivity index (χ0) is 20.7. The standard InChI is InChI=1S/C21H32N6O/c1-7-27(8-2)17-9-10-18(15(3)13-17)24-20(28)19-14-16(4)23-21(25-19)22-11-12-26(5)6/h9-10,13-14H,7-8,11-12H2,1-6H3,(H,24,28)(H,22,23,25). The molecule has 1 aromatic heterocycles. The molecule has 0 atom stereocenters. The van der Waals surface area contributed by atoms with Crippen molar-refractivity contribution in [2.24, 2.45) is 0 Å². The van der Waals surface area contributed by atoms with E-state index in [-0.39, 0.29) is 5.91 Å². The highest BCUT2D eigenvalue weighted by Crippen LogP contribution is 2.23. The molecule has 0 aliphatic rings. The summed E-state index contributed by atoms with van der Waals surface area (Å²) in [6, 6.07) is 7.79. The average molecular weight is 385 g/mol. The van der Waals surface area contributed by atoms with Crippen molar-refractivity contribution in [3.8, 4) is 0 Å². The molecule has 1 heterocycles. The normalized spacial score (nSPS) is 10.8. The Balaban J connectivity index is 2.13. The number of hydrogen-bond acceptors (Lipinski definition) is 6. The lowest BCUT2D eigenvalue weighted by Crippen LogP contribution is -2.23. The number of rotatable bonds is 9. The first-order valence-corrected chi connectivity index (χ1v) is 9.75. The lowest BCUT2D eigenvalue weighted by atomic mass is 10.1. The van der Waals surface area contributed by atoms with Gasteiger partial charge < -0.3 is 20.4 Å². The van der Waals surface area contributed by atoms with Gasteiger partial charge in [0.1, 0.15) is 5.69 Å². The smallest absolute Gasteiger partial charge is 0.274 e. The molecule has 2 rings (SSSR count). The van der Waals surface area contributed by atoms with Crippen molar-refractivity contribution in [1.82, 2.24) is 14.9 Å². The van der Waals surface area contributed by atoms with Crippen LogP contribution in [0.25, 0.3) is 0 Å². The monoisotopic (exact) mass is 384 g/mol. The van der Waals surface area contributed by atoms with Gasteiger partial charge in [0.05, 0.1) is 0 Å². The van der Waals surface area contributed by atoms with Crippen molar-refractivity contribution < 1.29 is 4.79 Å². The van der Waals surface area contributed by atoms with Gasteiger partial charge in [0, 0.05) is 43.2 Å². The number of anilines is 3. The van der Waals surface area contributed by atoms with Gasteiger partial charge in [-0.15, -0.1) is 0 Å². The fourth-order valence-corrected chi connectivity index (χ4v) is 2.92. The average Bonchev–Trinajstić information content (AvgIpc) is 2.64. The summed E-state index contributed by atoms with van der Waals surface area (Å²) >= 11 is 0. The van der Waals surface area contributed by atoms with Crippen LogP contribution < -0.4 is 15.5 Å². The maximum absolute atomic E-state index is 12.7. The lowest BCUT2D eigenvalue weighted by molar-refractivity contribution is 0.102. The van der Waals surface area contributed by atoms with Crippen molar-refractivity contribution in [1.29, 1.82) is 0 Å². The first-order chi connectivity index (χ1) is 13.3. The summed E-state index contributed by atoms with van der Waals surface area (Å²) in [7, 11) is 4.01. The zero-order valence-corrected chi connectivity index (χ0v) is 17.8. The molecule has 0 radical (unpaired) electrons. The van der Waals surface area contributed by atoms with Crippen molar-refractivity contribution in [3.05, 3.63) is 41.2 Å². The number of amides is 1. The van der Waals surface area contributed by atoms with Crippen LogP contribution in [0, 0.1) is 13.8 Å². The Morgan fingerprint density at radius 1 is 1.07 bits per heavy atom. The van der Waals surface area contributed by atoms with E-state index in [1.807, 2.05) is 40.1 Å². The van der Waals surface area contributed by atoms with Crippen molar-refractivity contribution in [2.75, 3.05) is 55.8 Å². The minimum absolute atomic E-state index is 0.236. The minimum Gasteiger partial charge on any atom is -0.372 e. The summed E-state index contributed by atoms with van der Waals surface area (Å²) in [6.45, 7) is 11.6. The van der Waals surface area contributed by atoms with E-state index >= 15 is 0 Å². The van der Waals surface area contributed by atoms with Crippen molar-refractivity contribution in [2.45, 2.75) is 27.7 Å². The Kier molecular flexibility index (Phi) is 7.75. The number of aromatic nitrogens is 2. The molecule has 0 saturated heterocycles. The van der Waals surface area contributed by atoms with Crippen LogP contribution in [0.4, 0.5) is 17.3 Å². The molecule has 28 heavy (non-hydrogen) atoms. The fraction of sp³-hybridized carbons (Fsp3) is 0.476. The van der Waals surface area contributed by atoms with Crippen LogP contribution in [-0.4, -0.2) is 61.0 Å². The summed E-state index contributed by atoms with van der Waals surface area (Å²) in [4.78, 5) is 25.8. The molecule has 0 fully saturated rings. The van der Waals surface area contributed by atoms with E-state index in [0.29, 0.717) is 18.2 Å². The SMILES string of the molecule is CCN(CC)c1ccc(NC(=O)c2cc(C)nc(NCCN(C)C)n2)c(C)c1. The Labute approximate surface area is 168 Å². The van der Waals surface area contributed by atoms with Crippen LogP contribution in [0.1, 0.15) is 35.6 Å². The minimum atomic E-state index is -0.236. The molecule has 7 heteroatoms. The largest absolute Gasteiger partial charge is 0.372 e. The summed E-state index contributed by atoms with van der Waals surface area (Å²) in [5.74, 6) is 0.237. The van der Waals surface area contributed by atoms with Gasteiger partial charge in [-0.2, -0.15) is 0 Å². The van der Waals surface area contributed by atoms with Crippen LogP contribution >= 0.6 is 0 Å². The van der Waals surface area contributed by atoms with Crippen LogP contribution in [0.2, 0.25) is 0 Å². The number of aryl methyl sites for hydroxylation is 2. The van der Waals surface area contributed by atoms with Gasteiger partial charge in [-0.05, 0) is 71.6 Å². The van der Waals surface area contributed by atoms with Gasteiger partial charge in [-0.25, -0.2) is 9.97 Å². The molecule has 7 nitrogen and oxygen atoms in total. The van der Waals surface area contributed by atoms with Gasteiger partial charge in [0.25, 0.3) is 5.91 Å². The molecule has 152 valence electrons. The first kappa shape index (κ1) is 21.6. The molecular formula is C21H32N6O. The Bertz CT molecular complexity index is 801. The molecule has 0 aliphatic carbocycles. The molecule has 0 spiro atoms. The zero-order valence-electron chi connectivity index (χ0n) is 17.8. The molecule has 0 bridgehead atoms. The second-order valence-electron chi connectivity index (χ2n) is 7.07. The summed E-state index contributed by atoms with van der Waals surface area (Å²) in [6.07, 6.45) is 0. The third-order valence-corrected chi connectivity index (χ3v) is 4.52. The molecule has 1 amide bonds. The second kappa shape index (κ2) is 10.0. The molecule has 2 N–H and O–H groups in total. The quantitative estimate of drug-likeness (QED) is 0.692.